The van der Waals surface area contributed by atoms with Crippen molar-refractivity contribution in [1.29, 1.82) is 0 Å². The van der Waals surface area contributed by atoms with E-state index >= 15 is 0 Å². The highest BCUT2D eigenvalue weighted by Gasteiger charge is 2.67. The lowest BCUT2D eigenvalue weighted by Crippen LogP contribution is -2.69. The van der Waals surface area contributed by atoms with Crippen LogP contribution in [0.3, 0.4) is 0 Å². The van der Waals surface area contributed by atoms with Gasteiger partial charge in [0.05, 0.1) is 11.7 Å². The quantitative estimate of drug-likeness (QED) is 0.588. The standard InChI is InChI=1S/C22H36O4/c1-8-20(5)11-9-15-21(6)12-10-17(24)19(3,4)16(21)13-18(25-14(2)23)22(15,7)26-20/h8,15-18,24H,1,9-13H2,2-7H3/t15-,16+,17+,18-,20+,21-,22+/m1/s1. The lowest BCUT2D eigenvalue weighted by atomic mass is 9.43. The van der Waals surface area contributed by atoms with Crippen molar-refractivity contribution in [3.05, 3.63) is 12.7 Å². The molecule has 4 heteroatoms. The summed E-state index contributed by atoms with van der Waals surface area (Å²) in [5.74, 6) is 0.318. The number of esters is 1. The highest BCUT2D eigenvalue weighted by Crippen LogP contribution is 2.66. The number of carbonyl (C=O) groups is 1. The van der Waals surface area contributed by atoms with Gasteiger partial charge < -0.3 is 14.6 Å². The molecule has 1 heterocycles. The van der Waals surface area contributed by atoms with Gasteiger partial charge in [0.2, 0.25) is 0 Å². The fourth-order valence-electron chi connectivity index (χ4n) is 6.64. The Kier molecular flexibility index (Phi) is 4.64. The summed E-state index contributed by atoms with van der Waals surface area (Å²) in [6.45, 7) is 16.4. The van der Waals surface area contributed by atoms with Gasteiger partial charge in [-0.05, 0) is 68.6 Å². The lowest BCUT2D eigenvalue weighted by molar-refractivity contribution is -0.300. The minimum Gasteiger partial charge on any atom is -0.459 e. The van der Waals surface area contributed by atoms with Gasteiger partial charge in [-0.1, -0.05) is 26.8 Å². The molecule has 2 saturated carbocycles. The normalized spacial score (nSPS) is 50.3. The molecule has 1 N–H and O–H groups in total. The van der Waals surface area contributed by atoms with Crippen LogP contribution >= 0.6 is 0 Å². The molecule has 148 valence electrons. The van der Waals surface area contributed by atoms with Gasteiger partial charge in [0.1, 0.15) is 11.7 Å². The van der Waals surface area contributed by atoms with Gasteiger partial charge in [-0.15, -0.1) is 6.58 Å². The molecule has 2 aliphatic carbocycles. The summed E-state index contributed by atoms with van der Waals surface area (Å²) in [6.07, 6.45) is 5.78. The van der Waals surface area contributed by atoms with Gasteiger partial charge in [-0.25, -0.2) is 0 Å². The van der Waals surface area contributed by atoms with Crippen LogP contribution in [-0.4, -0.2) is 34.5 Å². The minimum absolute atomic E-state index is 0.0661. The smallest absolute Gasteiger partial charge is 0.303 e. The second-order valence-electron chi connectivity index (χ2n) is 10.2. The number of hydrogen-bond donors (Lipinski definition) is 1. The molecule has 0 bridgehead atoms. The molecule has 3 fully saturated rings. The maximum absolute atomic E-state index is 11.9. The van der Waals surface area contributed by atoms with Crippen LogP contribution in [0, 0.1) is 22.7 Å². The van der Waals surface area contributed by atoms with E-state index in [0.717, 1.165) is 32.1 Å². The Morgan fingerprint density at radius 3 is 2.38 bits per heavy atom. The highest BCUT2D eigenvalue weighted by atomic mass is 16.6. The van der Waals surface area contributed by atoms with Crippen LogP contribution in [0.1, 0.15) is 73.6 Å². The van der Waals surface area contributed by atoms with Gasteiger partial charge in [0, 0.05) is 6.92 Å². The zero-order chi connectivity index (χ0) is 19.5. The van der Waals surface area contributed by atoms with Crippen LogP contribution in [0.2, 0.25) is 0 Å². The number of hydrogen-bond acceptors (Lipinski definition) is 4. The van der Waals surface area contributed by atoms with E-state index in [0.29, 0.717) is 0 Å². The van der Waals surface area contributed by atoms with Crippen LogP contribution < -0.4 is 0 Å². The number of aliphatic hydroxyl groups excluding tert-OH is 1. The van der Waals surface area contributed by atoms with Gasteiger partial charge in [0.15, 0.2) is 0 Å². The predicted octanol–water partition coefficient (Wildman–Crippen LogP) is 4.26. The average molecular weight is 365 g/mol. The number of fused-ring (bicyclic) bond motifs is 3. The Morgan fingerprint density at radius 1 is 1.15 bits per heavy atom. The molecular formula is C22H36O4. The first-order valence-corrected chi connectivity index (χ1v) is 10.1. The van der Waals surface area contributed by atoms with E-state index in [1.807, 2.05) is 6.08 Å². The van der Waals surface area contributed by atoms with Crippen molar-refractivity contribution in [2.45, 2.75) is 97.1 Å². The van der Waals surface area contributed by atoms with Crippen molar-refractivity contribution in [3.63, 3.8) is 0 Å². The maximum atomic E-state index is 11.9. The molecule has 0 unspecified atom stereocenters. The zero-order valence-electron chi connectivity index (χ0n) is 17.3. The Bertz CT molecular complexity index is 599. The van der Waals surface area contributed by atoms with E-state index in [-0.39, 0.29) is 40.8 Å². The molecule has 0 spiro atoms. The Morgan fingerprint density at radius 2 is 1.81 bits per heavy atom. The molecule has 7 atom stereocenters. The first-order chi connectivity index (χ1) is 11.9. The second-order valence-corrected chi connectivity index (χ2v) is 10.2. The molecule has 3 rings (SSSR count). The molecule has 26 heavy (non-hydrogen) atoms. The average Bonchev–Trinajstić information content (AvgIpc) is 2.53. The third-order valence-corrected chi connectivity index (χ3v) is 8.21. The summed E-state index contributed by atoms with van der Waals surface area (Å²) < 4.78 is 12.5. The van der Waals surface area contributed by atoms with Crippen LogP contribution in [-0.2, 0) is 14.3 Å². The molecule has 0 aromatic heterocycles. The monoisotopic (exact) mass is 364 g/mol. The molecular weight excluding hydrogens is 328 g/mol. The molecule has 1 aliphatic heterocycles. The van der Waals surface area contributed by atoms with Crippen molar-refractivity contribution in [1.82, 2.24) is 0 Å². The molecule has 0 radical (unpaired) electrons. The largest absolute Gasteiger partial charge is 0.459 e. The number of ether oxygens (including phenoxy) is 2. The molecule has 0 amide bonds. The van der Waals surface area contributed by atoms with Crippen LogP contribution in [0.4, 0.5) is 0 Å². The molecule has 3 aliphatic rings. The first-order valence-electron chi connectivity index (χ1n) is 10.1. The Labute approximate surface area is 158 Å². The van der Waals surface area contributed by atoms with Crippen LogP contribution in [0.15, 0.2) is 12.7 Å². The van der Waals surface area contributed by atoms with Crippen molar-refractivity contribution >= 4 is 5.97 Å². The SMILES string of the molecule is C=C[C@@]1(C)CC[C@@H]2[C@@]3(C)CC[C@H](O)C(C)(C)[C@@H]3C[C@@H](OC(C)=O)[C@@]2(C)O1. The van der Waals surface area contributed by atoms with E-state index in [1.165, 1.54) is 6.92 Å². The van der Waals surface area contributed by atoms with Gasteiger partial charge in [-0.3, -0.25) is 4.79 Å². The van der Waals surface area contributed by atoms with E-state index in [2.05, 4.69) is 41.2 Å². The fourth-order valence-corrected chi connectivity index (χ4v) is 6.64. The van der Waals surface area contributed by atoms with E-state index in [1.54, 1.807) is 0 Å². The summed E-state index contributed by atoms with van der Waals surface area (Å²) in [5.41, 5.74) is -1.06. The number of carbonyl (C=O) groups excluding carboxylic acids is 1. The van der Waals surface area contributed by atoms with E-state index in [4.69, 9.17) is 9.47 Å². The van der Waals surface area contributed by atoms with Crippen molar-refractivity contribution < 1.29 is 19.4 Å². The second kappa shape index (κ2) is 6.07. The van der Waals surface area contributed by atoms with Crippen molar-refractivity contribution in [2.75, 3.05) is 0 Å². The van der Waals surface area contributed by atoms with Gasteiger partial charge >= 0.3 is 5.97 Å². The topological polar surface area (TPSA) is 55.8 Å². The summed E-state index contributed by atoms with van der Waals surface area (Å²) >= 11 is 0. The fraction of sp³-hybridized carbons (Fsp3) is 0.864. The lowest BCUT2D eigenvalue weighted by Gasteiger charge is -2.67. The molecule has 0 aromatic rings. The highest BCUT2D eigenvalue weighted by molar-refractivity contribution is 5.66. The molecule has 0 aromatic carbocycles. The van der Waals surface area contributed by atoms with Crippen LogP contribution in [0.5, 0.6) is 0 Å². The van der Waals surface area contributed by atoms with E-state index < -0.39 is 11.2 Å². The summed E-state index contributed by atoms with van der Waals surface area (Å²) in [5, 5.41) is 10.7. The van der Waals surface area contributed by atoms with E-state index in [9.17, 15) is 9.90 Å². The Balaban J connectivity index is 2.07. The zero-order valence-corrected chi connectivity index (χ0v) is 17.3. The summed E-state index contributed by atoms with van der Waals surface area (Å²) in [4.78, 5) is 11.9. The predicted molar refractivity (Wildman–Crippen MR) is 102 cm³/mol. The third kappa shape index (κ3) is 2.75. The molecule has 1 saturated heterocycles. The van der Waals surface area contributed by atoms with Gasteiger partial charge in [-0.2, -0.15) is 0 Å². The molecule has 4 nitrogen and oxygen atoms in total. The first kappa shape index (κ1) is 19.9. The number of aliphatic hydroxyl groups is 1. The van der Waals surface area contributed by atoms with Gasteiger partial charge in [0.25, 0.3) is 0 Å². The van der Waals surface area contributed by atoms with Crippen molar-refractivity contribution in [2.24, 2.45) is 22.7 Å². The maximum Gasteiger partial charge on any atom is 0.303 e. The summed E-state index contributed by atoms with van der Waals surface area (Å²) in [6, 6.07) is 0. The third-order valence-electron chi connectivity index (χ3n) is 8.21. The van der Waals surface area contributed by atoms with Crippen molar-refractivity contribution in [3.8, 4) is 0 Å². The Hall–Kier alpha value is -0.870. The minimum atomic E-state index is -0.531. The van der Waals surface area contributed by atoms with Crippen LogP contribution in [0.25, 0.3) is 0 Å². The summed E-state index contributed by atoms with van der Waals surface area (Å²) in [7, 11) is 0. The number of rotatable bonds is 2.